The van der Waals surface area contributed by atoms with Gasteiger partial charge < -0.3 is 25.4 Å². The third-order valence-electron chi connectivity index (χ3n) is 6.43. The van der Waals surface area contributed by atoms with Crippen LogP contribution in [0.5, 0.6) is 11.5 Å². The van der Waals surface area contributed by atoms with Crippen molar-refractivity contribution in [3.63, 3.8) is 0 Å². The maximum atomic E-state index is 13.6. The Kier molecular flexibility index (Phi) is 11.9. The van der Waals surface area contributed by atoms with Crippen LogP contribution in [0, 0.1) is 0 Å². The fraction of sp³-hybridized carbons (Fsp3) is 0.147. The molecule has 0 spiro atoms. The summed E-state index contributed by atoms with van der Waals surface area (Å²) < 4.78 is 10.8. The van der Waals surface area contributed by atoms with Crippen molar-refractivity contribution in [2.45, 2.75) is 23.5 Å². The van der Waals surface area contributed by atoms with Gasteiger partial charge in [0.2, 0.25) is 5.91 Å². The lowest BCUT2D eigenvalue weighted by Gasteiger charge is -2.16. The molecule has 4 aromatic rings. The summed E-state index contributed by atoms with van der Waals surface area (Å²) in [5.41, 5.74) is 1.87. The number of ether oxygens (including phenoxy) is 2. The van der Waals surface area contributed by atoms with E-state index in [1.165, 1.54) is 32.1 Å². The summed E-state index contributed by atoms with van der Waals surface area (Å²) in [7, 11) is 3.04. The Balaban J connectivity index is 1.56. The molecule has 4 aromatic carbocycles. The summed E-state index contributed by atoms with van der Waals surface area (Å²) in [4.78, 5) is 40.5. The Hall–Kier alpha value is -4.44. The smallest absolute Gasteiger partial charge is 0.272 e. The minimum absolute atomic E-state index is 0.0144. The Morgan fingerprint density at radius 2 is 1.56 bits per heavy atom. The van der Waals surface area contributed by atoms with Crippen LogP contribution in [0.2, 0.25) is 10.0 Å². The van der Waals surface area contributed by atoms with Gasteiger partial charge in [0, 0.05) is 37.4 Å². The zero-order valence-electron chi connectivity index (χ0n) is 24.7. The third kappa shape index (κ3) is 9.52. The van der Waals surface area contributed by atoms with Crippen molar-refractivity contribution in [3.8, 4) is 11.5 Å². The summed E-state index contributed by atoms with van der Waals surface area (Å²) in [6, 6.07) is 25.7. The quantitative estimate of drug-likeness (QED) is 0.105. The fourth-order valence-corrected chi connectivity index (χ4v) is 5.77. The molecule has 0 fully saturated rings. The van der Waals surface area contributed by atoms with Crippen molar-refractivity contribution in [3.05, 3.63) is 118 Å². The Labute approximate surface area is 276 Å². The Morgan fingerprint density at radius 1 is 0.822 bits per heavy atom. The maximum absolute atomic E-state index is 13.6. The zero-order chi connectivity index (χ0) is 32.3. The van der Waals surface area contributed by atoms with Gasteiger partial charge in [-0.05, 0) is 79.2 Å². The van der Waals surface area contributed by atoms with Gasteiger partial charge in [-0.1, -0.05) is 54.4 Å². The van der Waals surface area contributed by atoms with Gasteiger partial charge in [-0.15, -0.1) is 11.8 Å². The molecule has 0 saturated heterocycles. The molecule has 0 aliphatic rings. The van der Waals surface area contributed by atoms with E-state index < -0.39 is 17.1 Å². The van der Waals surface area contributed by atoms with Crippen LogP contribution in [0.15, 0.2) is 102 Å². The predicted molar refractivity (Wildman–Crippen MR) is 182 cm³/mol. The van der Waals surface area contributed by atoms with Crippen molar-refractivity contribution in [1.29, 1.82) is 0 Å². The molecule has 232 valence electrons. The van der Waals surface area contributed by atoms with Crippen molar-refractivity contribution in [1.82, 2.24) is 5.32 Å². The summed E-state index contributed by atoms with van der Waals surface area (Å²) >= 11 is 13.5. The van der Waals surface area contributed by atoms with Crippen molar-refractivity contribution in [2.24, 2.45) is 0 Å². The first-order valence-corrected chi connectivity index (χ1v) is 15.5. The highest BCUT2D eigenvalue weighted by Crippen LogP contribution is 2.30. The summed E-state index contributed by atoms with van der Waals surface area (Å²) in [6.07, 6.45) is 2.07. The number of rotatable bonds is 12. The van der Waals surface area contributed by atoms with Gasteiger partial charge in [-0.25, -0.2) is 0 Å². The lowest BCUT2D eigenvalue weighted by molar-refractivity contribution is -0.116. The van der Waals surface area contributed by atoms with Crippen LogP contribution in [-0.4, -0.2) is 37.2 Å². The summed E-state index contributed by atoms with van der Waals surface area (Å²) in [5.74, 6) is -0.197. The molecule has 0 bridgehead atoms. The number of carbonyl (C=O) groups excluding carboxylic acids is 3. The molecule has 3 amide bonds. The topological polar surface area (TPSA) is 106 Å². The summed E-state index contributed by atoms with van der Waals surface area (Å²) in [5, 5.41) is 8.85. The molecule has 3 N–H and O–H groups in total. The van der Waals surface area contributed by atoms with Crippen molar-refractivity contribution < 1.29 is 23.9 Å². The molecule has 1 atom stereocenters. The molecule has 1 unspecified atom stereocenters. The number of hydrogen-bond acceptors (Lipinski definition) is 6. The van der Waals surface area contributed by atoms with E-state index in [2.05, 4.69) is 16.0 Å². The van der Waals surface area contributed by atoms with Crippen molar-refractivity contribution in [2.75, 3.05) is 24.9 Å². The number of nitrogens with one attached hydrogen (secondary N) is 3. The number of anilines is 2. The standard InChI is InChI=1S/C34H31Cl2N3O5S/c1-4-31(34(42)38-26-18-23(35)17-24(36)19-26)45-28-12-8-11-25(20-28)37-33(41)29(39-32(40)21-9-6-5-7-10-21)16-22-15-27(43-2)13-14-30(22)44-3/h5-20,31H,4H2,1-3H3,(H,37,41)(H,38,42)(H,39,40)/b29-16+. The van der Waals surface area contributed by atoms with Crippen LogP contribution in [-0.2, 0) is 9.59 Å². The van der Waals surface area contributed by atoms with Gasteiger partial charge in [0.15, 0.2) is 0 Å². The first kappa shape index (κ1) is 33.5. The van der Waals surface area contributed by atoms with E-state index in [9.17, 15) is 14.4 Å². The number of amides is 3. The van der Waals surface area contributed by atoms with Crippen LogP contribution in [0.3, 0.4) is 0 Å². The van der Waals surface area contributed by atoms with Crippen LogP contribution in [0.4, 0.5) is 11.4 Å². The molecule has 0 radical (unpaired) electrons. The lowest BCUT2D eigenvalue weighted by Crippen LogP contribution is -2.30. The molecule has 0 aromatic heterocycles. The molecule has 0 heterocycles. The minimum atomic E-state index is -0.561. The number of hydrogen-bond donors (Lipinski definition) is 3. The van der Waals surface area contributed by atoms with Crippen LogP contribution >= 0.6 is 35.0 Å². The molecule has 0 saturated carbocycles. The SMILES string of the molecule is CCC(Sc1cccc(NC(=O)/C(=C\c2cc(OC)ccc2OC)NC(=O)c2ccccc2)c1)C(=O)Nc1cc(Cl)cc(Cl)c1. The first-order chi connectivity index (χ1) is 21.7. The van der Waals surface area contributed by atoms with Gasteiger partial charge in [0.25, 0.3) is 11.8 Å². The van der Waals surface area contributed by atoms with E-state index in [1.54, 1.807) is 84.9 Å². The normalized spacial score (nSPS) is 11.7. The molecular weight excluding hydrogens is 633 g/mol. The average molecular weight is 665 g/mol. The van der Waals surface area contributed by atoms with Gasteiger partial charge in [0.1, 0.15) is 17.2 Å². The Morgan fingerprint density at radius 3 is 2.22 bits per heavy atom. The Bertz CT molecular complexity index is 1700. The van der Waals surface area contributed by atoms with E-state index in [0.717, 1.165) is 4.90 Å². The first-order valence-electron chi connectivity index (χ1n) is 13.8. The second-order valence-electron chi connectivity index (χ2n) is 9.63. The van der Waals surface area contributed by atoms with Crippen LogP contribution < -0.4 is 25.4 Å². The van der Waals surface area contributed by atoms with E-state index >= 15 is 0 Å². The minimum Gasteiger partial charge on any atom is -0.497 e. The molecule has 4 rings (SSSR count). The fourth-order valence-electron chi connectivity index (χ4n) is 4.23. The van der Waals surface area contributed by atoms with Gasteiger partial charge in [-0.2, -0.15) is 0 Å². The summed E-state index contributed by atoms with van der Waals surface area (Å²) in [6.45, 7) is 1.91. The second-order valence-corrected chi connectivity index (χ2v) is 11.8. The van der Waals surface area contributed by atoms with Gasteiger partial charge in [-0.3, -0.25) is 14.4 Å². The maximum Gasteiger partial charge on any atom is 0.272 e. The monoisotopic (exact) mass is 663 g/mol. The number of benzene rings is 4. The number of carbonyl (C=O) groups is 3. The highest BCUT2D eigenvalue weighted by Gasteiger charge is 2.20. The molecule has 45 heavy (non-hydrogen) atoms. The van der Waals surface area contributed by atoms with Crippen LogP contribution in [0.1, 0.15) is 29.3 Å². The van der Waals surface area contributed by atoms with Crippen molar-refractivity contribution >= 4 is 70.1 Å². The molecular formula is C34H31Cl2N3O5S. The lowest BCUT2D eigenvalue weighted by atomic mass is 10.1. The largest absolute Gasteiger partial charge is 0.497 e. The highest BCUT2D eigenvalue weighted by atomic mass is 35.5. The molecule has 11 heteroatoms. The number of methoxy groups -OCH3 is 2. The van der Waals surface area contributed by atoms with Crippen LogP contribution in [0.25, 0.3) is 6.08 Å². The number of thioether (sulfide) groups is 1. The second kappa shape index (κ2) is 16.0. The van der Waals surface area contributed by atoms with E-state index in [1.807, 2.05) is 13.0 Å². The number of halogens is 2. The third-order valence-corrected chi connectivity index (χ3v) is 8.22. The highest BCUT2D eigenvalue weighted by molar-refractivity contribution is 8.00. The van der Waals surface area contributed by atoms with E-state index in [4.69, 9.17) is 32.7 Å². The predicted octanol–water partition coefficient (Wildman–Crippen LogP) is 7.93. The molecule has 0 aliphatic carbocycles. The van der Waals surface area contributed by atoms with E-state index in [0.29, 0.717) is 50.5 Å². The van der Waals surface area contributed by atoms with E-state index in [-0.39, 0.29) is 11.6 Å². The molecule has 8 nitrogen and oxygen atoms in total. The molecule has 0 aliphatic heterocycles. The van der Waals surface area contributed by atoms with Gasteiger partial charge in [0.05, 0.1) is 19.5 Å². The zero-order valence-corrected chi connectivity index (χ0v) is 27.1. The van der Waals surface area contributed by atoms with Gasteiger partial charge >= 0.3 is 0 Å². The average Bonchev–Trinajstić information content (AvgIpc) is 3.03.